The van der Waals surface area contributed by atoms with E-state index in [-0.39, 0.29) is 12.4 Å². The van der Waals surface area contributed by atoms with Gasteiger partial charge in [-0.3, -0.25) is 4.90 Å². The van der Waals surface area contributed by atoms with E-state index < -0.39 is 0 Å². The van der Waals surface area contributed by atoms with Crippen molar-refractivity contribution in [3.63, 3.8) is 0 Å². The molecule has 0 aliphatic carbocycles. The summed E-state index contributed by atoms with van der Waals surface area (Å²) in [6.45, 7) is 8.07. The Labute approximate surface area is 102 Å². The van der Waals surface area contributed by atoms with Gasteiger partial charge in [0.05, 0.1) is 0 Å². The quantitative estimate of drug-likeness (QED) is 0.862. The molecule has 0 aromatic carbocycles. The average molecular weight is 247 g/mol. The molecule has 15 heavy (non-hydrogen) atoms. The fraction of sp³-hybridized carbons (Fsp3) is 0.636. The number of hydrogen-bond acceptors (Lipinski definition) is 3. The third kappa shape index (κ3) is 4.11. The zero-order valence-electron chi connectivity index (χ0n) is 9.16. The van der Waals surface area contributed by atoms with Crippen LogP contribution in [0.3, 0.4) is 0 Å². The fourth-order valence-electron chi connectivity index (χ4n) is 1.85. The smallest absolute Gasteiger partial charge is 0.0328 e. The molecule has 2 nitrogen and oxygen atoms in total. The van der Waals surface area contributed by atoms with Crippen LogP contribution in [-0.4, -0.2) is 31.1 Å². The molecule has 1 aliphatic rings. The van der Waals surface area contributed by atoms with Gasteiger partial charge in [-0.2, -0.15) is 0 Å². The van der Waals surface area contributed by atoms with Gasteiger partial charge in [-0.15, -0.1) is 23.7 Å². The molecule has 0 unspecified atom stereocenters. The van der Waals surface area contributed by atoms with E-state index in [9.17, 15) is 0 Å². The Balaban J connectivity index is 0.00000112. The van der Waals surface area contributed by atoms with Gasteiger partial charge in [-0.1, -0.05) is 0 Å². The highest BCUT2D eigenvalue weighted by Gasteiger charge is 2.09. The van der Waals surface area contributed by atoms with Crippen molar-refractivity contribution in [2.45, 2.75) is 19.9 Å². The summed E-state index contributed by atoms with van der Waals surface area (Å²) in [5.41, 5.74) is 0. The number of hydrogen-bond donors (Lipinski definition) is 1. The van der Waals surface area contributed by atoms with Crippen molar-refractivity contribution < 1.29 is 0 Å². The van der Waals surface area contributed by atoms with Gasteiger partial charge in [-0.05, 0) is 38.6 Å². The molecular formula is C11H19ClN2S. The van der Waals surface area contributed by atoms with E-state index in [1.807, 2.05) is 11.3 Å². The maximum atomic E-state index is 3.43. The number of nitrogens with one attached hydrogen (secondary N) is 1. The van der Waals surface area contributed by atoms with Gasteiger partial charge >= 0.3 is 0 Å². The Morgan fingerprint density at radius 1 is 1.33 bits per heavy atom. The highest BCUT2D eigenvalue weighted by atomic mass is 35.5. The lowest BCUT2D eigenvalue weighted by molar-refractivity contribution is 0.287. The van der Waals surface area contributed by atoms with Crippen molar-refractivity contribution in [2.24, 2.45) is 0 Å². The monoisotopic (exact) mass is 246 g/mol. The lowest BCUT2D eigenvalue weighted by atomic mass is 10.3. The average Bonchev–Trinajstić information content (AvgIpc) is 2.43. The summed E-state index contributed by atoms with van der Waals surface area (Å²) in [6, 6.07) is 4.48. The molecule has 1 aliphatic heterocycles. The first-order chi connectivity index (χ1) is 6.84. The number of nitrogens with zero attached hydrogens (tertiary/aromatic N) is 1. The Hall–Kier alpha value is -0.0900. The minimum Gasteiger partial charge on any atom is -0.315 e. The Bertz CT molecular complexity index is 280. The van der Waals surface area contributed by atoms with Gasteiger partial charge in [0, 0.05) is 29.4 Å². The van der Waals surface area contributed by atoms with Crippen LogP contribution in [0.15, 0.2) is 12.1 Å². The molecule has 0 amide bonds. The van der Waals surface area contributed by atoms with Crippen molar-refractivity contribution in [1.82, 2.24) is 10.2 Å². The van der Waals surface area contributed by atoms with Crippen LogP contribution in [0.5, 0.6) is 0 Å². The molecule has 2 rings (SSSR count). The minimum atomic E-state index is 0. The zero-order chi connectivity index (χ0) is 9.80. The summed E-state index contributed by atoms with van der Waals surface area (Å²) in [5, 5.41) is 3.43. The molecule has 1 saturated heterocycles. The molecule has 0 atom stereocenters. The SMILES string of the molecule is Cc1ccc(CN2CCCNCC2)s1.Cl. The maximum absolute atomic E-state index is 3.43. The first kappa shape index (κ1) is 13.0. The molecule has 1 N–H and O–H groups in total. The van der Waals surface area contributed by atoms with Crippen molar-refractivity contribution in [2.75, 3.05) is 26.2 Å². The van der Waals surface area contributed by atoms with Crippen LogP contribution in [-0.2, 0) is 6.54 Å². The van der Waals surface area contributed by atoms with Crippen LogP contribution in [0, 0.1) is 6.92 Å². The van der Waals surface area contributed by atoms with Gasteiger partial charge < -0.3 is 5.32 Å². The Morgan fingerprint density at radius 2 is 2.20 bits per heavy atom. The van der Waals surface area contributed by atoms with Gasteiger partial charge in [0.1, 0.15) is 0 Å². The summed E-state index contributed by atoms with van der Waals surface area (Å²) < 4.78 is 0. The van der Waals surface area contributed by atoms with E-state index in [1.54, 1.807) is 0 Å². The number of aryl methyl sites for hydroxylation is 1. The molecule has 1 fully saturated rings. The molecule has 0 radical (unpaired) electrons. The molecule has 86 valence electrons. The zero-order valence-corrected chi connectivity index (χ0v) is 10.8. The highest BCUT2D eigenvalue weighted by Crippen LogP contribution is 2.17. The molecule has 1 aromatic rings. The predicted octanol–water partition coefficient (Wildman–Crippen LogP) is 2.27. The van der Waals surface area contributed by atoms with E-state index in [1.165, 1.54) is 35.8 Å². The summed E-state index contributed by atoms with van der Waals surface area (Å²) >= 11 is 1.93. The summed E-state index contributed by atoms with van der Waals surface area (Å²) in [5.74, 6) is 0. The normalized spacial score (nSPS) is 18.2. The largest absolute Gasteiger partial charge is 0.315 e. The second-order valence-electron chi connectivity index (χ2n) is 3.89. The van der Waals surface area contributed by atoms with Crippen molar-refractivity contribution in [3.8, 4) is 0 Å². The van der Waals surface area contributed by atoms with E-state index in [2.05, 4.69) is 29.3 Å². The van der Waals surface area contributed by atoms with Crippen LogP contribution in [0.25, 0.3) is 0 Å². The third-order valence-corrected chi connectivity index (χ3v) is 3.59. The predicted molar refractivity (Wildman–Crippen MR) is 69.1 cm³/mol. The topological polar surface area (TPSA) is 15.3 Å². The van der Waals surface area contributed by atoms with Crippen molar-refractivity contribution >= 4 is 23.7 Å². The standard InChI is InChI=1S/C11H18N2S.ClH/c1-10-3-4-11(14-10)9-13-7-2-5-12-6-8-13;/h3-4,12H,2,5-9H2,1H3;1H. The van der Waals surface area contributed by atoms with Gasteiger partial charge in [0.2, 0.25) is 0 Å². The molecule has 1 aromatic heterocycles. The van der Waals surface area contributed by atoms with E-state index >= 15 is 0 Å². The van der Waals surface area contributed by atoms with Crippen LogP contribution < -0.4 is 5.32 Å². The summed E-state index contributed by atoms with van der Waals surface area (Å²) in [6.07, 6.45) is 1.28. The van der Waals surface area contributed by atoms with E-state index in [0.29, 0.717) is 0 Å². The third-order valence-electron chi connectivity index (χ3n) is 2.61. The molecular weight excluding hydrogens is 228 g/mol. The van der Waals surface area contributed by atoms with Crippen LogP contribution in [0.4, 0.5) is 0 Å². The molecule has 4 heteroatoms. The van der Waals surface area contributed by atoms with Crippen LogP contribution in [0.1, 0.15) is 16.2 Å². The molecule has 2 heterocycles. The number of halogens is 1. The second kappa shape index (κ2) is 6.48. The van der Waals surface area contributed by atoms with E-state index in [0.717, 1.165) is 13.1 Å². The molecule has 0 spiro atoms. The first-order valence-electron chi connectivity index (χ1n) is 5.33. The lowest BCUT2D eigenvalue weighted by Crippen LogP contribution is -2.27. The fourth-order valence-corrected chi connectivity index (χ4v) is 2.78. The van der Waals surface area contributed by atoms with Crippen molar-refractivity contribution in [1.29, 1.82) is 0 Å². The van der Waals surface area contributed by atoms with Gasteiger partial charge in [0.15, 0.2) is 0 Å². The van der Waals surface area contributed by atoms with E-state index in [4.69, 9.17) is 0 Å². The first-order valence-corrected chi connectivity index (χ1v) is 6.14. The van der Waals surface area contributed by atoms with Crippen molar-refractivity contribution in [3.05, 3.63) is 21.9 Å². The van der Waals surface area contributed by atoms with Gasteiger partial charge in [0.25, 0.3) is 0 Å². The number of rotatable bonds is 2. The van der Waals surface area contributed by atoms with Crippen LogP contribution >= 0.6 is 23.7 Å². The van der Waals surface area contributed by atoms with Crippen LogP contribution in [0.2, 0.25) is 0 Å². The highest BCUT2D eigenvalue weighted by molar-refractivity contribution is 7.11. The Kier molecular flexibility index (Phi) is 5.61. The lowest BCUT2D eigenvalue weighted by Gasteiger charge is -2.17. The second-order valence-corrected chi connectivity index (χ2v) is 5.26. The summed E-state index contributed by atoms with van der Waals surface area (Å²) in [7, 11) is 0. The summed E-state index contributed by atoms with van der Waals surface area (Å²) in [4.78, 5) is 5.47. The maximum Gasteiger partial charge on any atom is 0.0328 e. The number of thiophene rings is 1. The molecule has 0 saturated carbocycles. The Morgan fingerprint density at radius 3 is 2.93 bits per heavy atom. The van der Waals surface area contributed by atoms with Gasteiger partial charge in [-0.25, -0.2) is 0 Å². The minimum absolute atomic E-state index is 0. The molecule has 0 bridgehead atoms.